The van der Waals surface area contributed by atoms with Crippen LogP contribution in [0, 0.1) is 0 Å². The van der Waals surface area contributed by atoms with Crippen molar-refractivity contribution < 1.29 is 9.53 Å². The summed E-state index contributed by atoms with van der Waals surface area (Å²) in [4.78, 5) is 11.9. The lowest BCUT2D eigenvalue weighted by Gasteiger charge is -2.14. The molecule has 0 radical (unpaired) electrons. The van der Waals surface area contributed by atoms with Gasteiger partial charge in [-0.2, -0.15) is 0 Å². The van der Waals surface area contributed by atoms with E-state index in [1.807, 2.05) is 43.3 Å². The Hall–Kier alpha value is -1.85. The van der Waals surface area contributed by atoms with Gasteiger partial charge in [0, 0.05) is 15.2 Å². The topological polar surface area (TPSA) is 38.3 Å². The lowest BCUT2D eigenvalue weighted by Crippen LogP contribution is -2.34. The van der Waals surface area contributed by atoms with Crippen LogP contribution >= 0.6 is 27.3 Å². The van der Waals surface area contributed by atoms with Crippen LogP contribution < -0.4 is 5.32 Å². The molecule has 1 N–H and O–H groups in total. The zero-order valence-electron chi connectivity index (χ0n) is 13.3. The smallest absolute Gasteiger partial charge is 0.407 e. The quantitative estimate of drug-likeness (QED) is 0.608. The SMILES string of the molecule is CC(Cc1csc2ccc(Br)cc12)NC(=O)OCc1ccccc1. The second kappa shape index (κ2) is 7.81. The van der Waals surface area contributed by atoms with E-state index in [-0.39, 0.29) is 18.7 Å². The third kappa shape index (κ3) is 4.36. The van der Waals surface area contributed by atoms with Gasteiger partial charge in [-0.05, 0) is 53.4 Å². The number of alkyl carbamates (subject to hydrolysis) is 1. The fourth-order valence-electron chi connectivity index (χ4n) is 2.56. The minimum atomic E-state index is -0.382. The minimum absolute atomic E-state index is 0.00468. The molecule has 0 aliphatic heterocycles. The Bertz CT molecular complexity index is 832. The van der Waals surface area contributed by atoms with Crippen molar-refractivity contribution in [2.24, 2.45) is 0 Å². The summed E-state index contributed by atoms with van der Waals surface area (Å²) in [7, 11) is 0. The summed E-state index contributed by atoms with van der Waals surface area (Å²) in [5.74, 6) is 0. The molecule has 1 atom stereocenters. The van der Waals surface area contributed by atoms with Gasteiger partial charge < -0.3 is 10.1 Å². The van der Waals surface area contributed by atoms with Crippen molar-refractivity contribution in [3.05, 3.63) is 69.5 Å². The van der Waals surface area contributed by atoms with Crippen molar-refractivity contribution in [2.45, 2.75) is 26.0 Å². The van der Waals surface area contributed by atoms with Gasteiger partial charge in [0.2, 0.25) is 0 Å². The van der Waals surface area contributed by atoms with E-state index in [1.165, 1.54) is 15.6 Å². The number of fused-ring (bicyclic) bond motifs is 1. The van der Waals surface area contributed by atoms with E-state index >= 15 is 0 Å². The van der Waals surface area contributed by atoms with E-state index < -0.39 is 0 Å². The van der Waals surface area contributed by atoms with E-state index in [0.29, 0.717) is 0 Å². The molecule has 0 spiro atoms. The lowest BCUT2D eigenvalue weighted by molar-refractivity contribution is 0.136. The van der Waals surface area contributed by atoms with Crippen LogP contribution in [-0.4, -0.2) is 12.1 Å². The summed E-state index contributed by atoms with van der Waals surface area (Å²) >= 11 is 5.24. The fraction of sp³-hybridized carbons (Fsp3) is 0.211. The highest BCUT2D eigenvalue weighted by molar-refractivity contribution is 9.10. The van der Waals surface area contributed by atoms with Gasteiger partial charge in [-0.3, -0.25) is 0 Å². The monoisotopic (exact) mass is 403 g/mol. The summed E-state index contributed by atoms with van der Waals surface area (Å²) in [6, 6.07) is 16.0. The normalized spacial score (nSPS) is 12.1. The maximum absolute atomic E-state index is 11.9. The molecular formula is C19H18BrNO2S. The number of benzene rings is 2. The number of halogens is 1. The molecule has 0 fully saturated rings. The van der Waals surface area contributed by atoms with E-state index in [9.17, 15) is 4.79 Å². The molecule has 0 aliphatic rings. The number of thiophene rings is 1. The summed E-state index contributed by atoms with van der Waals surface area (Å²) < 4.78 is 7.59. The lowest BCUT2D eigenvalue weighted by atomic mass is 10.1. The molecule has 1 unspecified atom stereocenters. The van der Waals surface area contributed by atoms with Gasteiger partial charge in [-0.1, -0.05) is 46.3 Å². The zero-order chi connectivity index (χ0) is 16.9. The molecule has 1 aromatic heterocycles. The molecule has 3 rings (SSSR count). The predicted molar refractivity (Wildman–Crippen MR) is 102 cm³/mol. The number of nitrogens with one attached hydrogen (secondary N) is 1. The van der Waals surface area contributed by atoms with Crippen LogP contribution in [0.15, 0.2) is 58.4 Å². The fourth-order valence-corrected chi connectivity index (χ4v) is 3.88. The van der Waals surface area contributed by atoms with E-state index in [2.05, 4.69) is 38.8 Å². The number of amides is 1. The van der Waals surface area contributed by atoms with Crippen LogP contribution in [0.4, 0.5) is 4.79 Å². The van der Waals surface area contributed by atoms with Crippen LogP contribution in [-0.2, 0) is 17.8 Å². The first kappa shape index (κ1) is 17.0. The van der Waals surface area contributed by atoms with E-state index in [4.69, 9.17) is 4.74 Å². The first-order valence-electron chi connectivity index (χ1n) is 7.74. The number of hydrogen-bond donors (Lipinski definition) is 1. The molecule has 3 nitrogen and oxygen atoms in total. The van der Waals surface area contributed by atoms with Crippen LogP contribution in [0.25, 0.3) is 10.1 Å². The molecule has 3 aromatic rings. The molecule has 0 aliphatic carbocycles. The number of carbonyl (C=O) groups is 1. The summed E-state index contributed by atoms with van der Waals surface area (Å²) in [5.41, 5.74) is 2.22. The van der Waals surface area contributed by atoms with Crippen molar-refractivity contribution in [1.82, 2.24) is 5.32 Å². The molecule has 24 heavy (non-hydrogen) atoms. The molecule has 1 heterocycles. The highest BCUT2D eigenvalue weighted by Gasteiger charge is 2.12. The average Bonchev–Trinajstić information content (AvgIpc) is 2.96. The Morgan fingerprint density at radius 3 is 2.83 bits per heavy atom. The van der Waals surface area contributed by atoms with Crippen molar-refractivity contribution in [2.75, 3.05) is 0 Å². The van der Waals surface area contributed by atoms with Gasteiger partial charge >= 0.3 is 6.09 Å². The third-order valence-electron chi connectivity index (χ3n) is 3.72. The molecule has 1 amide bonds. The van der Waals surface area contributed by atoms with Crippen LogP contribution in [0.2, 0.25) is 0 Å². The highest BCUT2D eigenvalue weighted by Crippen LogP contribution is 2.29. The van der Waals surface area contributed by atoms with Gasteiger partial charge in [-0.25, -0.2) is 4.79 Å². The van der Waals surface area contributed by atoms with Gasteiger partial charge in [0.15, 0.2) is 0 Å². The molecule has 0 bridgehead atoms. The second-order valence-electron chi connectivity index (χ2n) is 5.71. The molecular weight excluding hydrogens is 386 g/mol. The van der Waals surface area contributed by atoms with Gasteiger partial charge in [0.25, 0.3) is 0 Å². The van der Waals surface area contributed by atoms with E-state index in [0.717, 1.165) is 16.5 Å². The van der Waals surface area contributed by atoms with Crippen LogP contribution in [0.5, 0.6) is 0 Å². The van der Waals surface area contributed by atoms with Crippen LogP contribution in [0.3, 0.4) is 0 Å². The number of hydrogen-bond acceptors (Lipinski definition) is 3. The van der Waals surface area contributed by atoms with Crippen molar-refractivity contribution in [3.8, 4) is 0 Å². The second-order valence-corrected chi connectivity index (χ2v) is 7.54. The van der Waals surface area contributed by atoms with Gasteiger partial charge in [-0.15, -0.1) is 11.3 Å². The zero-order valence-corrected chi connectivity index (χ0v) is 15.7. The Kier molecular flexibility index (Phi) is 5.53. The first-order valence-corrected chi connectivity index (χ1v) is 9.42. The molecule has 124 valence electrons. The van der Waals surface area contributed by atoms with Crippen molar-refractivity contribution >= 4 is 43.4 Å². The Labute approximate surface area is 153 Å². The summed E-state index contributed by atoms with van der Waals surface area (Å²) in [6.45, 7) is 2.28. The largest absolute Gasteiger partial charge is 0.445 e. The molecule has 0 saturated heterocycles. The Balaban J connectivity index is 1.55. The average molecular weight is 404 g/mol. The third-order valence-corrected chi connectivity index (χ3v) is 5.22. The first-order chi connectivity index (χ1) is 11.6. The van der Waals surface area contributed by atoms with Gasteiger partial charge in [0.1, 0.15) is 6.61 Å². The molecule has 0 saturated carbocycles. The Morgan fingerprint density at radius 1 is 1.25 bits per heavy atom. The maximum Gasteiger partial charge on any atom is 0.407 e. The number of carbonyl (C=O) groups excluding carboxylic acids is 1. The molecule has 5 heteroatoms. The predicted octanol–water partition coefficient (Wildman–Crippen LogP) is 5.52. The van der Waals surface area contributed by atoms with E-state index in [1.54, 1.807) is 11.3 Å². The van der Waals surface area contributed by atoms with Crippen LogP contribution in [0.1, 0.15) is 18.1 Å². The number of rotatable bonds is 5. The maximum atomic E-state index is 11.9. The summed E-state index contributed by atoms with van der Waals surface area (Å²) in [6.07, 6.45) is 0.392. The Morgan fingerprint density at radius 2 is 2.04 bits per heavy atom. The highest BCUT2D eigenvalue weighted by atomic mass is 79.9. The van der Waals surface area contributed by atoms with Gasteiger partial charge in [0.05, 0.1) is 0 Å². The molecule has 2 aromatic carbocycles. The summed E-state index contributed by atoms with van der Waals surface area (Å²) in [5, 5.41) is 6.29. The van der Waals surface area contributed by atoms with Crippen molar-refractivity contribution in [1.29, 1.82) is 0 Å². The number of ether oxygens (including phenoxy) is 1. The van der Waals surface area contributed by atoms with Crippen molar-refractivity contribution in [3.63, 3.8) is 0 Å². The standard InChI is InChI=1S/C19H18BrNO2S/c1-13(21-19(22)23-11-14-5-3-2-4-6-14)9-15-12-24-18-8-7-16(20)10-17(15)18/h2-8,10,12-13H,9,11H2,1H3,(H,21,22). The minimum Gasteiger partial charge on any atom is -0.445 e.